The fourth-order valence-electron chi connectivity index (χ4n) is 1.90. The third kappa shape index (κ3) is 4.25. The van der Waals surface area contributed by atoms with Crippen molar-refractivity contribution in [2.45, 2.75) is 39.0 Å². The van der Waals surface area contributed by atoms with Gasteiger partial charge in [-0.05, 0) is 25.7 Å². The van der Waals surface area contributed by atoms with Crippen molar-refractivity contribution in [3.8, 4) is 0 Å². The van der Waals surface area contributed by atoms with E-state index in [1.54, 1.807) is 6.92 Å². The smallest absolute Gasteiger partial charge is 0.252 e. The fraction of sp³-hybridized carbons (Fsp3) is 0.800. The fourth-order valence-corrected chi connectivity index (χ4v) is 1.90. The lowest BCUT2D eigenvalue weighted by molar-refractivity contribution is -0.403. The molecular weight excluding hydrogens is 180 g/mol. The molecule has 0 aromatic heterocycles. The molecule has 4 heteroatoms. The molecule has 0 aromatic rings. The molecule has 1 rings (SSSR count). The lowest BCUT2D eigenvalue weighted by atomic mass is 9.89. The Morgan fingerprint density at radius 3 is 2.71 bits per heavy atom. The Morgan fingerprint density at radius 1 is 1.50 bits per heavy atom. The van der Waals surface area contributed by atoms with Gasteiger partial charge in [-0.3, -0.25) is 10.1 Å². The Balaban J connectivity index is 2.21. The zero-order valence-electron chi connectivity index (χ0n) is 8.66. The molecule has 0 amide bonds. The molecular formula is C10H18N2O2. The average Bonchev–Trinajstić information content (AvgIpc) is 2.15. The third-order valence-electron chi connectivity index (χ3n) is 2.69. The van der Waals surface area contributed by atoms with Crippen LogP contribution in [0.25, 0.3) is 0 Å². The zero-order valence-corrected chi connectivity index (χ0v) is 8.66. The molecule has 0 aromatic carbocycles. The molecule has 0 radical (unpaired) electrons. The van der Waals surface area contributed by atoms with Crippen molar-refractivity contribution in [2.75, 3.05) is 6.54 Å². The second kappa shape index (κ2) is 5.62. The maximum atomic E-state index is 10.1. The van der Waals surface area contributed by atoms with Gasteiger partial charge < -0.3 is 5.32 Å². The van der Waals surface area contributed by atoms with Crippen LogP contribution in [0.3, 0.4) is 0 Å². The van der Waals surface area contributed by atoms with Crippen molar-refractivity contribution in [3.05, 3.63) is 22.0 Å². The van der Waals surface area contributed by atoms with Gasteiger partial charge in [0, 0.05) is 6.54 Å². The molecule has 4 nitrogen and oxygen atoms in total. The van der Waals surface area contributed by atoms with Crippen molar-refractivity contribution in [3.63, 3.8) is 0 Å². The highest BCUT2D eigenvalue weighted by Gasteiger charge is 2.12. The molecule has 0 unspecified atom stereocenters. The molecule has 14 heavy (non-hydrogen) atoms. The van der Waals surface area contributed by atoms with E-state index in [1.807, 2.05) is 0 Å². The van der Waals surface area contributed by atoms with Crippen LogP contribution in [0.1, 0.15) is 39.0 Å². The second-order valence-corrected chi connectivity index (χ2v) is 3.98. The summed E-state index contributed by atoms with van der Waals surface area (Å²) in [6.45, 7) is 2.63. The average molecular weight is 198 g/mol. The van der Waals surface area contributed by atoms with Crippen LogP contribution in [-0.4, -0.2) is 11.5 Å². The first kappa shape index (κ1) is 11.0. The Labute approximate surface area is 84.5 Å². The predicted molar refractivity (Wildman–Crippen MR) is 55.3 cm³/mol. The summed E-state index contributed by atoms with van der Waals surface area (Å²) in [5, 5.41) is 13.3. The van der Waals surface area contributed by atoms with Crippen LogP contribution in [0.5, 0.6) is 0 Å². The summed E-state index contributed by atoms with van der Waals surface area (Å²) >= 11 is 0. The number of nitro groups is 1. The van der Waals surface area contributed by atoms with Gasteiger partial charge in [0.1, 0.15) is 0 Å². The lowest BCUT2D eigenvalue weighted by Gasteiger charge is -2.21. The van der Waals surface area contributed by atoms with Crippen molar-refractivity contribution in [1.82, 2.24) is 5.32 Å². The van der Waals surface area contributed by atoms with Crippen LogP contribution in [0.4, 0.5) is 0 Å². The largest absolute Gasteiger partial charge is 0.383 e. The van der Waals surface area contributed by atoms with Crippen LogP contribution in [-0.2, 0) is 0 Å². The van der Waals surface area contributed by atoms with Gasteiger partial charge in [0.2, 0.25) is 0 Å². The molecule has 0 saturated heterocycles. The van der Waals surface area contributed by atoms with Gasteiger partial charge in [-0.15, -0.1) is 0 Å². The molecule has 1 aliphatic carbocycles. The van der Waals surface area contributed by atoms with Crippen molar-refractivity contribution in [2.24, 2.45) is 5.92 Å². The maximum Gasteiger partial charge on any atom is 0.252 e. The normalized spacial score (nSPS) is 19.4. The Kier molecular flexibility index (Phi) is 4.43. The summed E-state index contributed by atoms with van der Waals surface area (Å²) in [4.78, 5) is 9.74. The van der Waals surface area contributed by atoms with Crippen LogP contribution >= 0.6 is 0 Å². The van der Waals surface area contributed by atoms with Gasteiger partial charge in [0.25, 0.3) is 6.20 Å². The molecule has 1 fully saturated rings. The van der Waals surface area contributed by atoms with Crippen LogP contribution in [0, 0.1) is 16.0 Å². The Hall–Kier alpha value is -1.06. The van der Waals surface area contributed by atoms with E-state index in [4.69, 9.17) is 0 Å². The zero-order chi connectivity index (χ0) is 10.4. The molecule has 80 valence electrons. The second-order valence-electron chi connectivity index (χ2n) is 3.98. The van der Waals surface area contributed by atoms with Gasteiger partial charge in [-0.1, -0.05) is 19.3 Å². The highest BCUT2D eigenvalue weighted by atomic mass is 16.6. The SMILES string of the molecule is C/C(=C/[N+](=O)[O-])NCC1CCCCC1. The van der Waals surface area contributed by atoms with Crippen LogP contribution < -0.4 is 5.32 Å². The molecule has 0 aliphatic heterocycles. The number of rotatable bonds is 4. The van der Waals surface area contributed by atoms with E-state index in [-0.39, 0.29) is 0 Å². The van der Waals surface area contributed by atoms with Crippen LogP contribution in [0.15, 0.2) is 11.9 Å². The summed E-state index contributed by atoms with van der Waals surface area (Å²) in [7, 11) is 0. The molecule has 0 heterocycles. The molecule has 0 atom stereocenters. The molecule has 1 N–H and O–H groups in total. The number of allylic oxidation sites excluding steroid dienone is 1. The van der Waals surface area contributed by atoms with E-state index >= 15 is 0 Å². The highest BCUT2D eigenvalue weighted by Crippen LogP contribution is 2.22. The van der Waals surface area contributed by atoms with Gasteiger partial charge in [-0.2, -0.15) is 0 Å². The number of hydrogen-bond acceptors (Lipinski definition) is 3. The summed E-state index contributed by atoms with van der Waals surface area (Å²) in [5.41, 5.74) is 0.653. The monoisotopic (exact) mass is 198 g/mol. The number of hydrogen-bond donors (Lipinski definition) is 1. The molecule has 1 saturated carbocycles. The summed E-state index contributed by atoms with van der Waals surface area (Å²) < 4.78 is 0. The van der Waals surface area contributed by atoms with Crippen molar-refractivity contribution < 1.29 is 4.92 Å². The Morgan fingerprint density at radius 2 is 2.14 bits per heavy atom. The van der Waals surface area contributed by atoms with Gasteiger partial charge >= 0.3 is 0 Å². The standard InChI is InChI=1S/C10H18N2O2/c1-9(8-12(13)14)11-7-10-5-3-2-4-6-10/h8,10-11H,2-7H2,1H3/b9-8-. The first-order valence-corrected chi connectivity index (χ1v) is 5.24. The molecule has 1 aliphatic rings. The van der Waals surface area contributed by atoms with E-state index < -0.39 is 4.92 Å². The highest BCUT2D eigenvalue weighted by molar-refractivity contribution is 4.89. The van der Waals surface area contributed by atoms with E-state index in [1.165, 1.54) is 32.1 Å². The van der Waals surface area contributed by atoms with E-state index in [9.17, 15) is 10.1 Å². The topological polar surface area (TPSA) is 55.2 Å². The van der Waals surface area contributed by atoms with E-state index in [0.29, 0.717) is 11.6 Å². The minimum absolute atomic E-state index is 0.413. The third-order valence-corrected chi connectivity index (χ3v) is 2.69. The number of nitrogens with zero attached hydrogens (tertiary/aromatic N) is 1. The van der Waals surface area contributed by atoms with Gasteiger partial charge in [-0.25, -0.2) is 0 Å². The first-order valence-electron chi connectivity index (χ1n) is 5.24. The van der Waals surface area contributed by atoms with Crippen LogP contribution in [0.2, 0.25) is 0 Å². The predicted octanol–water partition coefficient (Wildman–Crippen LogP) is 2.29. The summed E-state index contributed by atoms with van der Waals surface area (Å²) in [6.07, 6.45) is 7.52. The number of nitrogens with one attached hydrogen (secondary N) is 1. The summed E-state index contributed by atoms with van der Waals surface area (Å²) in [5.74, 6) is 0.707. The van der Waals surface area contributed by atoms with E-state index in [0.717, 1.165) is 12.7 Å². The maximum absolute atomic E-state index is 10.1. The minimum Gasteiger partial charge on any atom is -0.383 e. The molecule has 0 spiro atoms. The van der Waals surface area contributed by atoms with Gasteiger partial charge in [0.15, 0.2) is 0 Å². The van der Waals surface area contributed by atoms with Crippen molar-refractivity contribution >= 4 is 0 Å². The minimum atomic E-state index is -0.413. The Bertz CT molecular complexity index is 220. The van der Waals surface area contributed by atoms with Crippen molar-refractivity contribution in [1.29, 1.82) is 0 Å². The molecule has 0 bridgehead atoms. The lowest BCUT2D eigenvalue weighted by Crippen LogP contribution is -2.23. The van der Waals surface area contributed by atoms with Gasteiger partial charge in [0.05, 0.1) is 10.6 Å². The summed E-state index contributed by atoms with van der Waals surface area (Å²) in [6, 6.07) is 0. The quantitative estimate of drug-likeness (QED) is 0.557. The van der Waals surface area contributed by atoms with E-state index in [2.05, 4.69) is 5.32 Å². The first-order chi connectivity index (χ1) is 6.68.